The Balaban J connectivity index is 1.89. The number of rotatable bonds is 3. The topological polar surface area (TPSA) is 34.0 Å². The molecule has 1 heterocycles. The van der Waals surface area contributed by atoms with E-state index in [-0.39, 0.29) is 11.9 Å². The summed E-state index contributed by atoms with van der Waals surface area (Å²) in [6, 6.07) is 15.8. The normalized spacial score (nSPS) is 12.3. The van der Waals surface area contributed by atoms with Crippen LogP contribution in [0, 0.1) is 0 Å². The second-order valence-electron chi connectivity index (χ2n) is 5.39. The summed E-state index contributed by atoms with van der Waals surface area (Å²) in [6.45, 7) is 1.99. The minimum atomic E-state index is -0.0676. The minimum Gasteiger partial charge on any atom is -0.350 e. The van der Waals surface area contributed by atoms with E-state index < -0.39 is 0 Å². The van der Waals surface area contributed by atoms with Crippen LogP contribution in [0.1, 0.15) is 28.9 Å². The zero-order chi connectivity index (χ0) is 15.7. The third-order valence-electron chi connectivity index (χ3n) is 3.86. The number of hydrogen-bond donors (Lipinski definition) is 1. The molecule has 3 rings (SSSR count). The molecule has 0 saturated carbocycles. The minimum absolute atomic E-state index is 0.0555. The van der Waals surface area contributed by atoms with Crippen LogP contribution >= 0.6 is 15.9 Å². The van der Waals surface area contributed by atoms with E-state index in [1.807, 2.05) is 73.3 Å². The molecule has 2 aromatic carbocycles. The van der Waals surface area contributed by atoms with Crippen LogP contribution in [0.15, 0.2) is 59.2 Å². The molecule has 22 heavy (non-hydrogen) atoms. The Labute approximate surface area is 138 Å². The highest BCUT2D eigenvalue weighted by molar-refractivity contribution is 9.10. The monoisotopic (exact) mass is 356 g/mol. The highest BCUT2D eigenvalue weighted by atomic mass is 79.9. The summed E-state index contributed by atoms with van der Waals surface area (Å²) in [4.78, 5) is 12.6. The zero-order valence-electron chi connectivity index (χ0n) is 12.5. The van der Waals surface area contributed by atoms with Gasteiger partial charge in [-0.25, -0.2) is 0 Å². The average Bonchev–Trinajstić information content (AvgIpc) is 2.85. The van der Waals surface area contributed by atoms with E-state index in [1.165, 1.54) is 0 Å². The quantitative estimate of drug-likeness (QED) is 0.739. The summed E-state index contributed by atoms with van der Waals surface area (Å²) < 4.78 is 2.98. The van der Waals surface area contributed by atoms with Gasteiger partial charge in [0.05, 0.1) is 11.6 Å². The number of fused-ring (bicyclic) bond motifs is 1. The van der Waals surface area contributed by atoms with Gasteiger partial charge in [0.15, 0.2) is 0 Å². The largest absolute Gasteiger partial charge is 0.350 e. The van der Waals surface area contributed by atoms with Crippen molar-refractivity contribution in [1.82, 2.24) is 9.88 Å². The highest BCUT2D eigenvalue weighted by Crippen LogP contribution is 2.24. The van der Waals surface area contributed by atoms with Gasteiger partial charge in [0.25, 0.3) is 5.91 Å². The van der Waals surface area contributed by atoms with Crippen LogP contribution in [0.2, 0.25) is 0 Å². The second kappa shape index (κ2) is 5.97. The summed E-state index contributed by atoms with van der Waals surface area (Å²) in [7, 11) is 1.95. The van der Waals surface area contributed by atoms with Crippen molar-refractivity contribution < 1.29 is 4.79 Å². The van der Waals surface area contributed by atoms with Crippen LogP contribution in [0.3, 0.4) is 0 Å². The number of para-hydroxylation sites is 1. The third-order valence-corrected chi connectivity index (χ3v) is 4.58. The number of hydrogen-bond acceptors (Lipinski definition) is 1. The third kappa shape index (κ3) is 2.66. The molecule has 0 aliphatic carbocycles. The van der Waals surface area contributed by atoms with Crippen molar-refractivity contribution >= 4 is 32.7 Å². The van der Waals surface area contributed by atoms with Gasteiger partial charge in [-0.3, -0.25) is 4.79 Å². The first-order valence-corrected chi connectivity index (χ1v) is 7.96. The van der Waals surface area contributed by atoms with E-state index in [9.17, 15) is 4.79 Å². The van der Waals surface area contributed by atoms with Crippen LogP contribution in [0.5, 0.6) is 0 Å². The SMILES string of the molecule is C[C@@H](NC(=O)c1cn(C)c2ccccc12)c1ccccc1Br. The maximum absolute atomic E-state index is 12.6. The van der Waals surface area contributed by atoms with Crippen LogP contribution < -0.4 is 5.32 Å². The van der Waals surface area contributed by atoms with Gasteiger partial charge in [0.1, 0.15) is 0 Å². The lowest BCUT2D eigenvalue weighted by atomic mass is 10.1. The fourth-order valence-corrected chi connectivity index (χ4v) is 3.33. The van der Waals surface area contributed by atoms with Crippen molar-refractivity contribution in [2.75, 3.05) is 0 Å². The second-order valence-corrected chi connectivity index (χ2v) is 6.24. The summed E-state index contributed by atoms with van der Waals surface area (Å²) in [5.41, 5.74) is 2.83. The van der Waals surface area contributed by atoms with E-state index in [0.717, 1.165) is 20.9 Å². The van der Waals surface area contributed by atoms with E-state index in [2.05, 4.69) is 21.2 Å². The van der Waals surface area contributed by atoms with Gasteiger partial charge in [-0.1, -0.05) is 52.3 Å². The zero-order valence-corrected chi connectivity index (χ0v) is 14.1. The number of aromatic nitrogens is 1. The van der Waals surface area contributed by atoms with E-state index in [1.54, 1.807) is 0 Å². The van der Waals surface area contributed by atoms with Gasteiger partial charge in [-0.2, -0.15) is 0 Å². The molecular formula is C18H17BrN2O. The molecule has 1 N–H and O–H groups in total. The highest BCUT2D eigenvalue weighted by Gasteiger charge is 2.17. The Morgan fingerprint density at radius 1 is 1.14 bits per heavy atom. The molecule has 0 aliphatic heterocycles. The maximum atomic E-state index is 12.6. The number of benzene rings is 2. The number of nitrogens with zero attached hydrogens (tertiary/aromatic N) is 1. The van der Waals surface area contributed by atoms with E-state index >= 15 is 0 Å². The van der Waals surface area contributed by atoms with Crippen molar-refractivity contribution in [2.24, 2.45) is 7.05 Å². The number of aryl methyl sites for hydroxylation is 1. The van der Waals surface area contributed by atoms with Gasteiger partial charge in [-0.15, -0.1) is 0 Å². The van der Waals surface area contributed by atoms with Crippen molar-refractivity contribution in [2.45, 2.75) is 13.0 Å². The molecule has 0 radical (unpaired) electrons. The first-order valence-electron chi connectivity index (χ1n) is 7.17. The molecule has 1 amide bonds. The van der Waals surface area contributed by atoms with Crippen LogP contribution in [0.4, 0.5) is 0 Å². The molecule has 1 aromatic heterocycles. The predicted octanol–water partition coefficient (Wildman–Crippen LogP) is 4.43. The number of carbonyl (C=O) groups excluding carboxylic acids is 1. The molecule has 4 heteroatoms. The van der Waals surface area contributed by atoms with Crippen molar-refractivity contribution in [3.63, 3.8) is 0 Å². The Hall–Kier alpha value is -2.07. The Bertz CT molecular complexity index is 838. The molecule has 0 saturated heterocycles. The molecule has 0 spiro atoms. The first-order chi connectivity index (χ1) is 10.6. The Kier molecular flexibility index (Phi) is 4.03. The Morgan fingerprint density at radius 3 is 2.59 bits per heavy atom. The standard InChI is InChI=1S/C18H17BrN2O/c1-12(13-7-3-5-9-16(13)19)20-18(22)15-11-21(2)17-10-6-4-8-14(15)17/h3-12H,1-2H3,(H,20,22)/t12-/m1/s1. The molecular weight excluding hydrogens is 340 g/mol. The molecule has 0 unspecified atom stereocenters. The van der Waals surface area contributed by atoms with Gasteiger partial charge in [0, 0.05) is 28.6 Å². The predicted molar refractivity (Wildman–Crippen MR) is 92.9 cm³/mol. The molecule has 0 aliphatic rings. The van der Waals surface area contributed by atoms with Crippen LogP contribution in [-0.4, -0.2) is 10.5 Å². The molecule has 3 aromatic rings. The molecule has 3 nitrogen and oxygen atoms in total. The molecule has 112 valence electrons. The molecule has 0 fully saturated rings. The Morgan fingerprint density at radius 2 is 1.82 bits per heavy atom. The van der Waals surface area contributed by atoms with E-state index in [4.69, 9.17) is 0 Å². The lowest BCUT2D eigenvalue weighted by molar-refractivity contribution is 0.0941. The first kappa shape index (κ1) is 14.9. The maximum Gasteiger partial charge on any atom is 0.253 e. The molecule has 0 bridgehead atoms. The van der Waals surface area contributed by atoms with Crippen LogP contribution in [-0.2, 0) is 7.05 Å². The van der Waals surface area contributed by atoms with Crippen molar-refractivity contribution in [3.05, 3.63) is 70.3 Å². The molecule has 1 atom stereocenters. The summed E-state index contributed by atoms with van der Waals surface area (Å²) in [5, 5.41) is 4.05. The number of amides is 1. The van der Waals surface area contributed by atoms with E-state index in [0.29, 0.717) is 5.56 Å². The summed E-state index contributed by atoms with van der Waals surface area (Å²) in [6.07, 6.45) is 1.88. The fourth-order valence-electron chi connectivity index (χ4n) is 2.70. The van der Waals surface area contributed by atoms with Crippen molar-refractivity contribution in [3.8, 4) is 0 Å². The van der Waals surface area contributed by atoms with Crippen molar-refractivity contribution in [1.29, 1.82) is 0 Å². The smallest absolute Gasteiger partial charge is 0.253 e. The van der Waals surface area contributed by atoms with Gasteiger partial charge in [-0.05, 0) is 24.6 Å². The number of nitrogens with one attached hydrogen (secondary N) is 1. The van der Waals surface area contributed by atoms with Gasteiger partial charge in [0.2, 0.25) is 0 Å². The van der Waals surface area contributed by atoms with Crippen LogP contribution in [0.25, 0.3) is 10.9 Å². The lowest BCUT2D eigenvalue weighted by Gasteiger charge is -2.15. The van der Waals surface area contributed by atoms with Gasteiger partial charge < -0.3 is 9.88 Å². The number of carbonyl (C=O) groups is 1. The number of halogens is 1. The fraction of sp³-hybridized carbons (Fsp3) is 0.167. The van der Waals surface area contributed by atoms with Gasteiger partial charge >= 0.3 is 0 Å². The summed E-state index contributed by atoms with van der Waals surface area (Å²) >= 11 is 3.53. The lowest BCUT2D eigenvalue weighted by Crippen LogP contribution is -2.26. The summed E-state index contributed by atoms with van der Waals surface area (Å²) in [5.74, 6) is -0.0555. The average molecular weight is 357 g/mol.